The van der Waals surface area contributed by atoms with Crippen LogP contribution in [0.5, 0.6) is 0 Å². The van der Waals surface area contributed by atoms with Gasteiger partial charge in [-0.25, -0.2) is 4.79 Å². The van der Waals surface area contributed by atoms with Gasteiger partial charge >= 0.3 is 12.2 Å². The van der Waals surface area contributed by atoms with Gasteiger partial charge in [0.05, 0.1) is 33.7 Å². The summed E-state index contributed by atoms with van der Waals surface area (Å²) >= 11 is 0. The number of hydrogen-bond donors (Lipinski definition) is 2. The summed E-state index contributed by atoms with van der Waals surface area (Å²) in [5, 5.41) is 15.9. The van der Waals surface area contributed by atoms with Crippen molar-refractivity contribution >= 4 is 11.7 Å². The van der Waals surface area contributed by atoms with Gasteiger partial charge in [0.1, 0.15) is 6.07 Å². The lowest BCUT2D eigenvalue weighted by Crippen LogP contribution is -2.57. The molecule has 2 aliphatic heterocycles. The summed E-state index contributed by atoms with van der Waals surface area (Å²) in [6, 6.07) is 12.8. The van der Waals surface area contributed by atoms with Crippen LogP contribution in [0.3, 0.4) is 0 Å². The lowest BCUT2D eigenvalue weighted by atomic mass is 9.81. The first-order valence-electron chi connectivity index (χ1n) is 13.3. The maximum atomic E-state index is 13.2. The molecule has 2 saturated heterocycles. The average molecular weight is 552 g/mol. The van der Waals surface area contributed by atoms with Crippen LogP contribution in [0.2, 0.25) is 0 Å². The molecule has 5 rings (SSSR count). The van der Waals surface area contributed by atoms with Crippen LogP contribution in [0.4, 0.5) is 23.7 Å². The molecule has 4 heterocycles. The first-order valence-corrected chi connectivity index (χ1v) is 13.3. The fourth-order valence-electron chi connectivity index (χ4n) is 5.74. The normalized spacial score (nSPS) is 19.3. The Balaban J connectivity index is 1.39. The van der Waals surface area contributed by atoms with Crippen molar-refractivity contribution in [2.75, 3.05) is 38.1 Å². The predicted molar refractivity (Wildman–Crippen MR) is 145 cm³/mol. The Hall–Kier alpha value is -4.04. The van der Waals surface area contributed by atoms with Crippen molar-refractivity contribution in [3.05, 3.63) is 71.5 Å². The van der Waals surface area contributed by atoms with Gasteiger partial charge in [-0.3, -0.25) is 4.98 Å². The number of aryl methyl sites for hydroxylation is 1. The zero-order valence-corrected chi connectivity index (χ0v) is 22.5. The first kappa shape index (κ1) is 27.5. The fraction of sp³-hybridized carbons (Fsp3) is 0.414. The zero-order valence-electron chi connectivity index (χ0n) is 22.5. The smallest absolute Gasteiger partial charge is 0.370 e. The van der Waals surface area contributed by atoms with Gasteiger partial charge in [-0.2, -0.15) is 18.4 Å². The van der Waals surface area contributed by atoms with Gasteiger partial charge in [0.25, 0.3) is 0 Å². The minimum Gasteiger partial charge on any atom is -0.370 e. The van der Waals surface area contributed by atoms with Crippen molar-refractivity contribution < 1.29 is 18.0 Å². The largest absolute Gasteiger partial charge is 0.416 e. The molecule has 0 radical (unpaired) electrons. The average Bonchev–Trinajstić information content (AvgIpc) is 3.55. The van der Waals surface area contributed by atoms with Gasteiger partial charge in [0.15, 0.2) is 0 Å². The molecule has 8 nitrogen and oxygen atoms in total. The van der Waals surface area contributed by atoms with Gasteiger partial charge in [-0.1, -0.05) is 6.07 Å². The molecule has 1 atom stereocenters. The van der Waals surface area contributed by atoms with Gasteiger partial charge in [0, 0.05) is 45.1 Å². The van der Waals surface area contributed by atoms with Crippen LogP contribution in [0, 0.1) is 11.3 Å². The molecule has 0 bridgehead atoms. The molecule has 0 spiro atoms. The molecule has 2 aliphatic rings. The highest BCUT2D eigenvalue weighted by Gasteiger charge is 2.39. The summed E-state index contributed by atoms with van der Waals surface area (Å²) in [6.45, 7) is 2.58. The van der Waals surface area contributed by atoms with Crippen LogP contribution in [0.25, 0.3) is 11.4 Å². The number of urea groups is 1. The summed E-state index contributed by atoms with van der Waals surface area (Å²) in [7, 11) is 3.97. The molecular weight excluding hydrogens is 519 g/mol. The minimum absolute atomic E-state index is 0.0213. The quantitative estimate of drug-likeness (QED) is 0.488. The molecule has 2 amide bonds. The van der Waals surface area contributed by atoms with E-state index in [2.05, 4.69) is 15.5 Å². The molecular formula is C29H32F3N7O. The zero-order chi connectivity index (χ0) is 28.5. The summed E-state index contributed by atoms with van der Waals surface area (Å²) in [5.41, 5.74) is 1.50. The highest BCUT2D eigenvalue weighted by Crippen LogP contribution is 2.38. The Bertz CT molecular complexity index is 1400. The molecule has 0 saturated carbocycles. The number of piperidine rings is 1. The minimum atomic E-state index is -4.52. The summed E-state index contributed by atoms with van der Waals surface area (Å²) in [4.78, 5) is 22.0. The molecule has 1 aromatic carbocycles. The number of aromatic nitrogens is 2. The number of carbonyl (C=O) groups is 1. The van der Waals surface area contributed by atoms with Crippen molar-refractivity contribution in [1.82, 2.24) is 25.1 Å². The van der Waals surface area contributed by atoms with Crippen LogP contribution in [-0.4, -0.2) is 59.8 Å². The Morgan fingerprint density at radius 3 is 2.48 bits per heavy atom. The molecule has 2 aromatic heterocycles. The van der Waals surface area contributed by atoms with E-state index in [-0.39, 0.29) is 17.6 Å². The molecule has 0 aliphatic carbocycles. The number of hydrogen-bond acceptors (Lipinski definition) is 5. The first-order chi connectivity index (χ1) is 19.1. The van der Waals surface area contributed by atoms with E-state index in [9.17, 15) is 23.2 Å². The van der Waals surface area contributed by atoms with E-state index in [1.54, 1.807) is 6.20 Å². The SMILES string of the molecule is CN1CC[C@@H](NC(=O)NC2(c3ccc(-c4cccn4C)nc3)CCN(c3ccc(C(F)(F)F)cc3C#N)CC2)C1. The number of halogens is 3. The lowest BCUT2D eigenvalue weighted by molar-refractivity contribution is -0.137. The number of likely N-dealkylation sites (tertiary alicyclic amines) is 1. The van der Waals surface area contributed by atoms with E-state index in [0.717, 1.165) is 48.6 Å². The topological polar surface area (TPSA) is 89.2 Å². The summed E-state index contributed by atoms with van der Waals surface area (Å²) < 4.78 is 41.6. The number of anilines is 1. The highest BCUT2D eigenvalue weighted by atomic mass is 19.4. The number of nitrogens with one attached hydrogen (secondary N) is 2. The monoisotopic (exact) mass is 551 g/mol. The maximum Gasteiger partial charge on any atom is 0.416 e. The van der Waals surface area contributed by atoms with Crippen molar-refractivity contribution in [2.45, 2.75) is 37.0 Å². The maximum absolute atomic E-state index is 13.2. The van der Waals surface area contributed by atoms with E-state index in [4.69, 9.17) is 4.98 Å². The van der Waals surface area contributed by atoms with Crippen molar-refractivity contribution in [3.63, 3.8) is 0 Å². The van der Waals surface area contributed by atoms with Crippen LogP contribution in [-0.2, 0) is 18.8 Å². The molecule has 210 valence electrons. The number of nitriles is 1. The second-order valence-corrected chi connectivity index (χ2v) is 10.7. The lowest BCUT2D eigenvalue weighted by Gasteiger charge is -2.43. The van der Waals surface area contributed by atoms with Gasteiger partial charge in [-0.05, 0) is 74.8 Å². The number of alkyl halides is 3. The number of benzene rings is 1. The molecule has 0 unspecified atom stereocenters. The number of rotatable bonds is 5. The van der Waals surface area contributed by atoms with Crippen molar-refractivity contribution in [1.29, 1.82) is 5.26 Å². The Morgan fingerprint density at radius 1 is 1.12 bits per heavy atom. The van der Waals surface area contributed by atoms with Crippen LogP contribution >= 0.6 is 0 Å². The second kappa shape index (κ2) is 10.8. The van der Waals surface area contributed by atoms with E-state index >= 15 is 0 Å². The molecule has 2 N–H and O–H groups in total. The molecule has 3 aromatic rings. The van der Waals surface area contributed by atoms with E-state index in [0.29, 0.717) is 31.6 Å². The van der Waals surface area contributed by atoms with Gasteiger partial charge in [-0.15, -0.1) is 0 Å². The van der Waals surface area contributed by atoms with Crippen molar-refractivity contribution in [3.8, 4) is 17.5 Å². The van der Waals surface area contributed by atoms with E-state index in [1.165, 1.54) is 6.07 Å². The fourth-order valence-corrected chi connectivity index (χ4v) is 5.74. The third kappa shape index (κ3) is 5.63. The Labute approximate surface area is 231 Å². The number of amides is 2. The molecule has 11 heteroatoms. The number of carbonyl (C=O) groups excluding carboxylic acids is 1. The third-order valence-corrected chi connectivity index (χ3v) is 8.00. The van der Waals surface area contributed by atoms with Crippen molar-refractivity contribution in [2.24, 2.45) is 7.05 Å². The number of nitrogens with zero attached hydrogens (tertiary/aromatic N) is 5. The van der Waals surface area contributed by atoms with Crippen LogP contribution < -0.4 is 15.5 Å². The third-order valence-electron chi connectivity index (χ3n) is 8.00. The summed E-state index contributed by atoms with van der Waals surface area (Å²) in [5.74, 6) is 0. The summed E-state index contributed by atoms with van der Waals surface area (Å²) in [6.07, 6.45) is 1.07. The molecule has 40 heavy (non-hydrogen) atoms. The van der Waals surface area contributed by atoms with E-state index in [1.807, 2.05) is 60.1 Å². The number of likely N-dealkylation sites (N-methyl/N-ethyl adjacent to an activating group) is 1. The predicted octanol–water partition coefficient (Wildman–Crippen LogP) is 4.48. The molecule has 2 fully saturated rings. The Kier molecular flexibility index (Phi) is 7.47. The van der Waals surface area contributed by atoms with Crippen LogP contribution in [0.1, 0.15) is 36.0 Å². The van der Waals surface area contributed by atoms with Gasteiger partial charge < -0.3 is 25.0 Å². The van der Waals surface area contributed by atoms with Gasteiger partial charge in [0.2, 0.25) is 0 Å². The standard InChI is InChI=1S/C29H32F3N7O/c1-37-13-9-23(19-37)35-27(40)36-28(22-5-7-24(34-18-22)26-4-3-12-38(26)2)10-14-39(15-11-28)25-8-6-21(29(30,31)32)16-20(25)17-33/h3-8,12,16,18,23H,9-11,13-15,19H2,1-2H3,(H2,35,36,40)/t23-/m1/s1. The van der Waals surface area contributed by atoms with Crippen LogP contribution in [0.15, 0.2) is 54.9 Å². The Morgan fingerprint density at radius 2 is 1.90 bits per heavy atom. The highest BCUT2D eigenvalue weighted by molar-refractivity contribution is 5.76. The van der Waals surface area contributed by atoms with E-state index < -0.39 is 17.3 Å². The number of pyridine rings is 1. The second-order valence-electron chi connectivity index (χ2n) is 10.7.